The topological polar surface area (TPSA) is 86.7 Å². The number of carbonyl (C=O) groups excluding carboxylic acids is 2. The summed E-state index contributed by atoms with van der Waals surface area (Å²) in [6.07, 6.45) is 2.94. The first kappa shape index (κ1) is 19.5. The molecule has 0 spiro atoms. The number of carboxylic acids is 1. The van der Waals surface area contributed by atoms with Gasteiger partial charge in [-0.2, -0.15) is 0 Å². The van der Waals surface area contributed by atoms with E-state index in [2.05, 4.69) is 5.32 Å². The molecule has 0 aromatic rings. The van der Waals surface area contributed by atoms with Crippen LogP contribution < -0.4 is 5.32 Å². The fourth-order valence-electron chi connectivity index (χ4n) is 2.83. The summed E-state index contributed by atoms with van der Waals surface area (Å²) in [5.74, 6) is -1.65. The van der Waals surface area contributed by atoms with Crippen LogP contribution in [0.15, 0.2) is 0 Å². The monoisotopic (exact) mass is 326 g/mol. The van der Waals surface area contributed by atoms with E-state index in [1.807, 2.05) is 27.7 Å². The molecule has 1 heterocycles. The predicted molar refractivity (Wildman–Crippen MR) is 87.8 cm³/mol. The maximum absolute atomic E-state index is 12.4. The summed E-state index contributed by atoms with van der Waals surface area (Å²) in [6.45, 7) is 8.66. The van der Waals surface area contributed by atoms with Crippen molar-refractivity contribution in [2.24, 2.45) is 17.8 Å². The molecule has 1 aliphatic rings. The molecule has 0 saturated carbocycles. The van der Waals surface area contributed by atoms with Crippen LogP contribution in [0.4, 0.5) is 0 Å². The van der Waals surface area contributed by atoms with Gasteiger partial charge in [-0.1, -0.05) is 34.1 Å². The molecule has 0 aromatic carbocycles. The summed E-state index contributed by atoms with van der Waals surface area (Å²) in [4.78, 5) is 37.8. The van der Waals surface area contributed by atoms with Crippen molar-refractivity contribution in [1.29, 1.82) is 0 Å². The van der Waals surface area contributed by atoms with E-state index in [-0.39, 0.29) is 29.6 Å². The van der Waals surface area contributed by atoms with E-state index in [0.29, 0.717) is 25.9 Å². The summed E-state index contributed by atoms with van der Waals surface area (Å²) < 4.78 is 0. The SMILES string of the molecule is CCC(C)C(=O)N1CCCC(C(=O)N[C@H](C(=O)O)[C@@H](C)CC)C1. The number of carbonyl (C=O) groups is 3. The maximum Gasteiger partial charge on any atom is 0.326 e. The van der Waals surface area contributed by atoms with Crippen molar-refractivity contribution in [3.8, 4) is 0 Å². The van der Waals surface area contributed by atoms with E-state index in [1.165, 1.54) is 0 Å². The van der Waals surface area contributed by atoms with Crippen LogP contribution in [0.1, 0.15) is 53.4 Å². The second-order valence-corrected chi connectivity index (χ2v) is 6.64. The normalized spacial score (nSPS) is 22.1. The van der Waals surface area contributed by atoms with Gasteiger partial charge in [0.15, 0.2) is 0 Å². The molecule has 2 unspecified atom stereocenters. The van der Waals surface area contributed by atoms with Gasteiger partial charge >= 0.3 is 5.97 Å². The number of likely N-dealkylation sites (tertiary alicyclic amines) is 1. The number of nitrogens with one attached hydrogen (secondary N) is 1. The number of hydrogen-bond donors (Lipinski definition) is 2. The third-order valence-electron chi connectivity index (χ3n) is 4.91. The largest absolute Gasteiger partial charge is 0.480 e. The van der Waals surface area contributed by atoms with Crippen molar-refractivity contribution < 1.29 is 19.5 Å². The molecule has 0 aromatic heterocycles. The average Bonchev–Trinajstić information content (AvgIpc) is 2.57. The van der Waals surface area contributed by atoms with Gasteiger partial charge in [0.25, 0.3) is 0 Å². The Bertz CT molecular complexity index is 438. The standard InChI is InChI=1S/C17H30N2O4/c1-5-11(3)14(17(22)23)18-15(20)13-8-7-9-19(10-13)16(21)12(4)6-2/h11-14H,5-10H2,1-4H3,(H,18,20)(H,22,23)/t11-,12?,13?,14-/m0/s1. The molecule has 4 atom stereocenters. The fraction of sp³-hybridized carbons (Fsp3) is 0.824. The van der Waals surface area contributed by atoms with Gasteiger partial charge in [0.1, 0.15) is 6.04 Å². The van der Waals surface area contributed by atoms with Crippen LogP contribution >= 0.6 is 0 Å². The molecule has 0 radical (unpaired) electrons. The molecule has 1 fully saturated rings. The van der Waals surface area contributed by atoms with Gasteiger partial charge in [0.05, 0.1) is 5.92 Å². The minimum Gasteiger partial charge on any atom is -0.480 e. The van der Waals surface area contributed by atoms with E-state index in [4.69, 9.17) is 0 Å². The Balaban J connectivity index is 2.68. The lowest BCUT2D eigenvalue weighted by Gasteiger charge is -2.34. The summed E-state index contributed by atoms with van der Waals surface area (Å²) in [7, 11) is 0. The average molecular weight is 326 g/mol. The van der Waals surface area contributed by atoms with Crippen molar-refractivity contribution in [2.75, 3.05) is 13.1 Å². The van der Waals surface area contributed by atoms with E-state index in [0.717, 1.165) is 12.8 Å². The molecule has 2 amide bonds. The van der Waals surface area contributed by atoms with Crippen molar-refractivity contribution >= 4 is 17.8 Å². The van der Waals surface area contributed by atoms with Gasteiger partial charge in [0.2, 0.25) is 11.8 Å². The minimum absolute atomic E-state index is 0.0382. The highest BCUT2D eigenvalue weighted by Crippen LogP contribution is 2.20. The highest BCUT2D eigenvalue weighted by Gasteiger charge is 2.33. The molecule has 0 aliphatic carbocycles. The first-order chi connectivity index (χ1) is 10.8. The zero-order chi connectivity index (χ0) is 17.6. The third kappa shape index (κ3) is 5.22. The molecular weight excluding hydrogens is 296 g/mol. The molecule has 1 saturated heterocycles. The van der Waals surface area contributed by atoms with Gasteiger partial charge in [-0.25, -0.2) is 4.79 Å². The number of hydrogen-bond acceptors (Lipinski definition) is 3. The molecular formula is C17H30N2O4. The van der Waals surface area contributed by atoms with Crippen molar-refractivity contribution in [3.05, 3.63) is 0 Å². The first-order valence-corrected chi connectivity index (χ1v) is 8.63. The lowest BCUT2D eigenvalue weighted by molar-refractivity contribution is -0.145. The van der Waals surface area contributed by atoms with Crippen LogP contribution in [-0.2, 0) is 14.4 Å². The van der Waals surface area contributed by atoms with Crippen molar-refractivity contribution in [2.45, 2.75) is 59.4 Å². The molecule has 6 heteroatoms. The Morgan fingerprint density at radius 1 is 1.22 bits per heavy atom. The Hall–Kier alpha value is -1.59. The zero-order valence-corrected chi connectivity index (χ0v) is 14.7. The molecule has 1 rings (SSSR count). The van der Waals surface area contributed by atoms with Gasteiger partial charge in [-0.15, -0.1) is 0 Å². The molecule has 132 valence electrons. The molecule has 6 nitrogen and oxygen atoms in total. The van der Waals surface area contributed by atoms with E-state index in [1.54, 1.807) is 4.90 Å². The first-order valence-electron chi connectivity index (χ1n) is 8.63. The van der Waals surface area contributed by atoms with E-state index < -0.39 is 12.0 Å². The Morgan fingerprint density at radius 3 is 2.39 bits per heavy atom. The van der Waals surface area contributed by atoms with Gasteiger partial charge in [0, 0.05) is 19.0 Å². The fourth-order valence-corrected chi connectivity index (χ4v) is 2.83. The Kier molecular flexibility index (Phi) is 7.52. The maximum atomic E-state index is 12.4. The number of nitrogens with zero attached hydrogens (tertiary/aromatic N) is 1. The lowest BCUT2D eigenvalue weighted by atomic mass is 9.93. The van der Waals surface area contributed by atoms with E-state index >= 15 is 0 Å². The number of carboxylic acid groups (broad SMARTS) is 1. The van der Waals surface area contributed by atoms with Crippen molar-refractivity contribution in [3.63, 3.8) is 0 Å². The van der Waals surface area contributed by atoms with Crippen LogP contribution in [-0.4, -0.2) is 46.9 Å². The lowest BCUT2D eigenvalue weighted by Crippen LogP contribution is -2.51. The van der Waals surface area contributed by atoms with Crippen LogP contribution in [0.5, 0.6) is 0 Å². The van der Waals surface area contributed by atoms with E-state index in [9.17, 15) is 19.5 Å². The second-order valence-electron chi connectivity index (χ2n) is 6.64. The Morgan fingerprint density at radius 2 is 1.87 bits per heavy atom. The molecule has 2 N–H and O–H groups in total. The quantitative estimate of drug-likeness (QED) is 0.748. The number of aliphatic carboxylic acids is 1. The van der Waals surface area contributed by atoms with Crippen LogP contribution in [0.25, 0.3) is 0 Å². The third-order valence-corrected chi connectivity index (χ3v) is 4.91. The smallest absolute Gasteiger partial charge is 0.326 e. The second kappa shape index (κ2) is 8.89. The van der Waals surface area contributed by atoms with Gasteiger partial charge < -0.3 is 15.3 Å². The summed E-state index contributed by atoms with van der Waals surface area (Å²) in [6, 6.07) is -0.867. The highest BCUT2D eigenvalue weighted by molar-refractivity contribution is 5.86. The van der Waals surface area contributed by atoms with Crippen LogP contribution in [0, 0.1) is 17.8 Å². The number of piperidine rings is 1. The molecule has 0 bridgehead atoms. The summed E-state index contributed by atoms with van der Waals surface area (Å²) in [5.41, 5.74) is 0. The number of amides is 2. The van der Waals surface area contributed by atoms with Gasteiger partial charge in [-0.05, 0) is 25.2 Å². The predicted octanol–water partition coefficient (Wildman–Crippen LogP) is 1.89. The zero-order valence-electron chi connectivity index (χ0n) is 14.7. The minimum atomic E-state index is -1.00. The number of rotatable bonds is 7. The molecule has 23 heavy (non-hydrogen) atoms. The molecule has 1 aliphatic heterocycles. The van der Waals surface area contributed by atoms with Crippen molar-refractivity contribution in [1.82, 2.24) is 10.2 Å². The van der Waals surface area contributed by atoms with Gasteiger partial charge in [-0.3, -0.25) is 9.59 Å². The van der Waals surface area contributed by atoms with Crippen LogP contribution in [0.3, 0.4) is 0 Å². The van der Waals surface area contributed by atoms with Crippen LogP contribution in [0.2, 0.25) is 0 Å². The highest BCUT2D eigenvalue weighted by atomic mass is 16.4. The summed E-state index contributed by atoms with van der Waals surface area (Å²) >= 11 is 0. The Labute approximate surface area is 138 Å². The summed E-state index contributed by atoms with van der Waals surface area (Å²) in [5, 5.41) is 12.0.